The lowest BCUT2D eigenvalue weighted by Gasteiger charge is -2.14. The number of nitrogens with zero attached hydrogens (tertiary/aromatic N) is 1. The van der Waals surface area contributed by atoms with Crippen LogP contribution in [-0.2, 0) is 0 Å². The summed E-state index contributed by atoms with van der Waals surface area (Å²) < 4.78 is 102. The Kier molecular flexibility index (Phi) is 0.647. The number of hydrogen-bond acceptors (Lipinski definition) is 1. The largest absolute Gasteiger partial charge is 0.303 e. The highest BCUT2D eigenvalue weighted by Crippen LogP contribution is 1.86. The summed E-state index contributed by atoms with van der Waals surface area (Å²) in [6.45, 7) is -18.9. The van der Waals surface area contributed by atoms with E-state index in [2.05, 4.69) is 0 Å². The third-order valence-electron chi connectivity index (χ3n) is 0.378. The van der Waals surface area contributed by atoms with E-state index < -0.39 is 43.9 Å². The SMILES string of the molecule is [2H]C([2H])([2H])C([2H])([2H])N(C([2H])([2H])C([2H])([2H])[2H])C([2H])([2H])C([2H])([2H])Cl. The Morgan fingerprint density at radius 3 is 2.62 bits per heavy atom. The van der Waals surface area contributed by atoms with Gasteiger partial charge >= 0.3 is 0 Å². The van der Waals surface area contributed by atoms with E-state index in [0.717, 1.165) is 0 Å². The van der Waals surface area contributed by atoms with Gasteiger partial charge in [0.1, 0.15) is 0 Å². The summed E-state index contributed by atoms with van der Waals surface area (Å²) in [6.07, 6.45) is 0. The van der Waals surface area contributed by atoms with E-state index in [0.29, 0.717) is 0 Å². The van der Waals surface area contributed by atoms with Gasteiger partial charge in [-0.25, -0.2) is 0 Å². The third kappa shape index (κ3) is 3.28. The van der Waals surface area contributed by atoms with Gasteiger partial charge in [0.2, 0.25) is 0 Å². The molecule has 0 aliphatic carbocycles. The molecule has 0 aromatic heterocycles. The van der Waals surface area contributed by atoms with E-state index in [1.165, 1.54) is 0 Å². The molecule has 0 aliphatic heterocycles. The monoisotopic (exact) mass is 149 g/mol. The maximum atomic E-state index is 7.51. The fourth-order valence-electron chi connectivity index (χ4n) is 0.126. The van der Waals surface area contributed by atoms with E-state index in [-0.39, 0.29) is 0 Å². The number of halogens is 1. The van der Waals surface area contributed by atoms with Crippen molar-refractivity contribution in [3.8, 4) is 0 Å². The molecule has 0 radical (unpaired) electrons. The van der Waals surface area contributed by atoms with Crippen LogP contribution in [0.1, 0.15) is 32.9 Å². The highest BCUT2D eigenvalue weighted by Gasteiger charge is 1.93. The molecule has 1 nitrogen and oxygen atoms in total. The zero-order chi connectivity index (χ0) is 18.6. The first kappa shape index (κ1) is 0.960. The van der Waals surface area contributed by atoms with Crippen molar-refractivity contribution >= 4 is 11.6 Å². The zero-order valence-electron chi connectivity index (χ0n) is 17.8. The Balaban J connectivity index is 6.53. The normalized spacial score (nSPS) is 46.8. The Bertz CT molecular complexity index is 339. The summed E-state index contributed by atoms with van der Waals surface area (Å²) in [7, 11) is 0. The van der Waals surface area contributed by atoms with Crippen LogP contribution in [0.2, 0.25) is 0 Å². The average molecular weight is 150 g/mol. The molecule has 2 heteroatoms. The minimum absolute atomic E-state index is 0.819. The van der Waals surface area contributed by atoms with Crippen LogP contribution in [0, 0.1) is 0 Å². The molecule has 0 heterocycles. The molecule has 0 unspecified atom stereocenters. The molecule has 0 N–H and O–H groups in total. The second-order valence-corrected chi connectivity index (χ2v) is 0.954. The van der Waals surface area contributed by atoms with Crippen LogP contribution in [0.5, 0.6) is 0 Å². The van der Waals surface area contributed by atoms with Gasteiger partial charge in [0.05, 0.1) is 0 Å². The molecular formula is C6H14ClN. The maximum Gasteiger partial charge on any atom is 0.0449 e. The number of rotatable bonds is 4. The minimum atomic E-state index is -3.86. The molecule has 0 spiro atoms. The second-order valence-electron chi connectivity index (χ2n) is 0.765. The smallest absolute Gasteiger partial charge is 0.0449 e. The Labute approximate surface area is 76.3 Å². The molecule has 0 aliphatic rings. The second kappa shape index (κ2) is 5.39. The lowest BCUT2D eigenvalue weighted by molar-refractivity contribution is 0.323. The fraction of sp³-hybridized carbons (Fsp3) is 1.00. The van der Waals surface area contributed by atoms with Gasteiger partial charge in [-0.1, -0.05) is 13.7 Å². The summed E-state index contributed by atoms with van der Waals surface area (Å²) in [5.74, 6) is -3.48. The molecule has 0 atom stereocenters. The minimum Gasteiger partial charge on any atom is -0.303 e. The molecule has 0 amide bonds. The van der Waals surface area contributed by atoms with E-state index >= 15 is 0 Å². The van der Waals surface area contributed by atoms with Crippen molar-refractivity contribution in [2.45, 2.75) is 13.7 Å². The van der Waals surface area contributed by atoms with E-state index in [1.807, 2.05) is 0 Å². The lowest BCUT2D eigenvalue weighted by Crippen LogP contribution is -2.24. The van der Waals surface area contributed by atoms with Crippen LogP contribution in [0.4, 0.5) is 0 Å². The van der Waals surface area contributed by atoms with Crippen LogP contribution in [0.25, 0.3) is 0 Å². The molecule has 0 fully saturated rings. The molecule has 0 rings (SSSR count). The molecule has 0 saturated heterocycles. The van der Waals surface area contributed by atoms with Crippen molar-refractivity contribution < 1.29 is 19.2 Å². The third-order valence-corrected chi connectivity index (χ3v) is 0.462. The summed E-state index contributed by atoms with van der Waals surface area (Å²) in [6, 6.07) is 0. The lowest BCUT2D eigenvalue weighted by atomic mass is 10.5. The van der Waals surface area contributed by atoms with Crippen molar-refractivity contribution in [1.29, 1.82) is 0 Å². The van der Waals surface area contributed by atoms with Crippen molar-refractivity contribution in [2.24, 2.45) is 0 Å². The van der Waals surface area contributed by atoms with E-state index in [4.69, 9.17) is 30.8 Å². The van der Waals surface area contributed by atoms with Gasteiger partial charge in [-0.3, -0.25) is 0 Å². The zero-order valence-corrected chi connectivity index (χ0v) is 4.58. The van der Waals surface area contributed by atoms with Gasteiger partial charge in [-0.2, -0.15) is 0 Å². The molecule has 0 bridgehead atoms. The molecule has 8 heavy (non-hydrogen) atoms. The first-order valence-corrected chi connectivity index (χ1v) is 1.99. The Hall–Kier alpha value is 0.250. The summed E-state index contributed by atoms with van der Waals surface area (Å²) >= 11 is 5.15. The average Bonchev–Trinajstić information content (AvgIpc) is 2.09. The molecule has 50 valence electrons. The van der Waals surface area contributed by atoms with E-state index in [1.54, 1.807) is 0 Å². The quantitative estimate of drug-likeness (QED) is 0.549. The van der Waals surface area contributed by atoms with Crippen molar-refractivity contribution in [3.63, 3.8) is 0 Å². The van der Waals surface area contributed by atoms with Gasteiger partial charge in [-0.15, -0.1) is 11.6 Å². The van der Waals surface area contributed by atoms with Gasteiger partial charge in [0, 0.05) is 31.5 Å². The van der Waals surface area contributed by atoms with Crippen LogP contribution in [0.15, 0.2) is 0 Å². The van der Waals surface area contributed by atoms with Crippen LogP contribution < -0.4 is 0 Å². The number of alkyl halides is 1. The van der Waals surface area contributed by atoms with Crippen LogP contribution in [-0.4, -0.2) is 30.2 Å². The molecule has 0 aromatic rings. The maximum absolute atomic E-state index is 7.51. The van der Waals surface area contributed by atoms with Crippen LogP contribution >= 0.6 is 11.6 Å². The van der Waals surface area contributed by atoms with Gasteiger partial charge < -0.3 is 4.90 Å². The highest BCUT2D eigenvalue weighted by molar-refractivity contribution is 6.18. The van der Waals surface area contributed by atoms with Crippen molar-refractivity contribution in [1.82, 2.24) is 4.90 Å². The first-order valence-electron chi connectivity index (χ1n) is 8.61. The van der Waals surface area contributed by atoms with Crippen molar-refractivity contribution in [3.05, 3.63) is 0 Å². The molecule has 0 saturated carbocycles. The first-order chi connectivity index (χ1) is 9.12. The van der Waals surface area contributed by atoms with Crippen LogP contribution in [0.3, 0.4) is 0 Å². The summed E-state index contributed by atoms with van der Waals surface area (Å²) in [4.78, 5) is -0.819. The Morgan fingerprint density at radius 2 is 2.25 bits per heavy atom. The number of hydrogen-bond donors (Lipinski definition) is 0. The van der Waals surface area contributed by atoms with Crippen molar-refractivity contribution in [2.75, 3.05) is 25.3 Å². The summed E-state index contributed by atoms with van der Waals surface area (Å²) in [5.41, 5.74) is 0. The predicted molar refractivity (Wildman–Crippen MR) is 38.5 cm³/mol. The van der Waals surface area contributed by atoms with E-state index in [9.17, 15) is 0 Å². The predicted octanol–water partition coefficient (Wildman–Crippen LogP) is 1.57. The highest BCUT2D eigenvalue weighted by atomic mass is 35.5. The topological polar surface area (TPSA) is 3.24 Å². The standard InChI is InChI=1S/C6H14ClN/c1-3-8(4-2)6-5-7/h3-6H2,1-2H3/i1D3,2D3,3D2,4D2,5D2,6D2. The van der Waals surface area contributed by atoms with Gasteiger partial charge in [0.15, 0.2) is 0 Å². The Morgan fingerprint density at radius 1 is 1.62 bits per heavy atom. The molecular weight excluding hydrogens is 122 g/mol. The summed E-state index contributed by atoms with van der Waals surface area (Å²) in [5, 5.41) is 0. The van der Waals surface area contributed by atoms with Gasteiger partial charge in [-0.05, 0) is 13.0 Å². The van der Waals surface area contributed by atoms with Gasteiger partial charge in [0.25, 0.3) is 0 Å². The molecule has 0 aromatic carbocycles. The fourth-order valence-corrected chi connectivity index (χ4v) is 0.211.